The number of rotatable bonds is 4. The molecule has 0 spiro atoms. The van der Waals surface area contributed by atoms with Gasteiger partial charge in [-0.25, -0.2) is 4.98 Å². The molecule has 3 atom stereocenters. The van der Waals surface area contributed by atoms with Gasteiger partial charge < -0.3 is 5.32 Å². The number of hydrogen-bond donors (Lipinski definition) is 1. The number of thiazole rings is 1. The lowest BCUT2D eigenvalue weighted by Crippen LogP contribution is -2.47. The van der Waals surface area contributed by atoms with Crippen LogP contribution in [-0.2, 0) is 4.79 Å². The smallest absolute Gasteiger partial charge is 0.234 e. The lowest BCUT2D eigenvalue weighted by atomic mass is 9.86. The normalized spacial score (nSPS) is 27.5. The van der Waals surface area contributed by atoms with E-state index in [1.807, 2.05) is 6.07 Å². The van der Waals surface area contributed by atoms with E-state index in [2.05, 4.69) is 35.3 Å². The fraction of sp³-hybridized carbons (Fsp3) is 0.619. The van der Waals surface area contributed by atoms with E-state index in [1.165, 1.54) is 41.8 Å². The zero-order valence-corrected chi connectivity index (χ0v) is 16.4. The second kappa shape index (κ2) is 8.05. The molecule has 1 aromatic heterocycles. The number of benzene rings is 1. The molecule has 2 fully saturated rings. The van der Waals surface area contributed by atoms with Gasteiger partial charge in [0.25, 0.3) is 0 Å². The maximum atomic E-state index is 12.7. The standard InChI is InChI=1S/C21H29N3OS/c1-15-8-2-3-9-16(15)22-20(25)14-24-13-7-6-11-18(24)21-23-17-10-4-5-12-19(17)26-21/h4-5,10,12,15-16,18H,2-3,6-9,11,13-14H2,1H3,(H,22,25)/t15-,16+,18+/m0/s1. The first-order valence-electron chi connectivity index (χ1n) is 10.1. The summed E-state index contributed by atoms with van der Waals surface area (Å²) in [6.07, 6.45) is 8.42. The molecule has 5 heteroatoms. The van der Waals surface area contributed by atoms with Gasteiger partial charge >= 0.3 is 0 Å². The van der Waals surface area contributed by atoms with Crippen molar-refractivity contribution in [1.82, 2.24) is 15.2 Å². The highest BCUT2D eigenvalue weighted by molar-refractivity contribution is 7.18. The number of fused-ring (bicyclic) bond motifs is 1. The van der Waals surface area contributed by atoms with Gasteiger partial charge in [-0.1, -0.05) is 38.3 Å². The monoisotopic (exact) mass is 371 g/mol. The quantitative estimate of drug-likeness (QED) is 0.859. The van der Waals surface area contributed by atoms with E-state index in [0.717, 1.165) is 24.9 Å². The van der Waals surface area contributed by atoms with Crippen LogP contribution in [0.2, 0.25) is 0 Å². The maximum absolute atomic E-state index is 12.7. The van der Waals surface area contributed by atoms with Crippen LogP contribution in [0.15, 0.2) is 24.3 Å². The van der Waals surface area contributed by atoms with Gasteiger partial charge in [-0.2, -0.15) is 0 Å². The third-order valence-corrected chi connectivity index (χ3v) is 7.15. The molecule has 4 rings (SSSR count). The molecule has 2 aromatic rings. The molecule has 2 heterocycles. The average molecular weight is 372 g/mol. The van der Waals surface area contributed by atoms with Crippen molar-refractivity contribution in [2.75, 3.05) is 13.1 Å². The molecule has 1 aliphatic heterocycles. The summed E-state index contributed by atoms with van der Waals surface area (Å²) >= 11 is 1.79. The molecule has 1 N–H and O–H groups in total. The van der Waals surface area contributed by atoms with E-state index in [0.29, 0.717) is 18.5 Å². The van der Waals surface area contributed by atoms with Crippen molar-refractivity contribution in [2.24, 2.45) is 5.92 Å². The maximum Gasteiger partial charge on any atom is 0.234 e. The number of carbonyl (C=O) groups is 1. The first kappa shape index (κ1) is 17.9. The number of nitrogens with zero attached hydrogens (tertiary/aromatic N) is 2. The summed E-state index contributed by atoms with van der Waals surface area (Å²) in [5.74, 6) is 0.797. The second-order valence-electron chi connectivity index (χ2n) is 7.94. The van der Waals surface area contributed by atoms with Gasteiger partial charge in [-0.05, 0) is 50.3 Å². The van der Waals surface area contributed by atoms with Crippen molar-refractivity contribution in [3.63, 3.8) is 0 Å². The molecule has 2 aliphatic rings. The number of likely N-dealkylation sites (tertiary alicyclic amines) is 1. The fourth-order valence-electron chi connectivity index (χ4n) is 4.46. The lowest BCUT2D eigenvalue weighted by molar-refractivity contribution is -0.124. The van der Waals surface area contributed by atoms with Crippen molar-refractivity contribution in [3.05, 3.63) is 29.3 Å². The van der Waals surface area contributed by atoms with Crippen LogP contribution in [0.25, 0.3) is 10.2 Å². The highest BCUT2D eigenvalue weighted by Crippen LogP contribution is 2.35. The van der Waals surface area contributed by atoms with Crippen LogP contribution >= 0.6 is 11.3 Å². The van der Waals surface area contributed by atoms with Crippen molar-refractivity contribution >= 4 is 27.5 Å². The number of amides is 1. The summed E-state index contributed by atoms with van der Waals surface area (Å²) in [4.78, 5) is 19.9. The van der Waals surface area contributed by atoms with Gasteiger partial charge in [0.15, 0.2) is 0 Å². The Labute approximate surface area is 160 Å². The lowest BCUT2D eigenvalue weighted by Gasteiger charge is -2.35. The largest absolute Gasteiger partial charge is 0.352 e. The minimum absolute atomic E-state index is 0.191. The minimum Gasteiger partial charge on any atom is -0.352 e. The molecule has 1 saturated carbocycles. The first-order valence-corrected chi connectivity index (χ1v) is 10.9. The van der Waals surface area contributed by atoms with Gasteiger partial charge in [0.2, 0.25) is 5.91 Å². The summed E-state index contributed by atoms with van der Waals surface area (Å²) in [6, 6.07) is 8.99. The molecule has 0 radical (unpaired) electrons. The molecule has 26 heavy (non-hydrogen) atoms. The first-order chi connectivity index (χ1) is 12.7. The Hall–Kier alpha value is -1.46. The zero-order chi connectivity index (χ0) is 17.9. The Balaban J connectivity index is 1.44. The van der Waals surface area contributed by atoms with E-state index in [1.54, 1.807) is 11.3 Å². The van der Waals surface area contributed by atoms with Gasteiger partial charge in [0.05, 0.1) is 22.8 Å². The molecule has 0 bridgehead atoms. The van der Waals surface area contributed by atoms with Crippen LogP contribution in [0.3, 0.4) is 0 Å². The summed E-state index contributed by atoms with van der Waals surface area (Å²) in [5, 5.41) is 4.49. The number of hydrogen-bond acceptors (Lipinski definition) is 4. The molecular weight excluding hydrogens is 342 g/mol. The molecule has 1 aromatic carbocycles. The van der Waals surface area contributed by atoms with Crippen LogP contribution in [0.1, 0.15) is 62.9 Å². The minimum atomic E-state index is 0.191. The third-order valence-electron chi connectivity index (χ3n) is 6.01. The van der Waals surface area contributed by atoms with Crippen LogP contribution in [0.5, 0.6) is 0 Å². The van der Waals surface area contributed by atoms with Gasteiger partial charge in [-0.3, -0.25) is 9.69 Å². The van der Waals surface area contributed by atoms with Crippen molar-refractivity contribution < 1.29 is 4.79 Å². The zero-order valence-electron chi connectivity index (χ0n) is 15.6. The predicted octanol–water partition coefficient (Wildman–Crippen LogP) is 4.52. The highest BCUT2D eigenvalue weighted by Gasteiger charge is 2.29. The molecule has 1 amide bonds. The Bertz CT molecular complexity index is 726. The van der Waals surface area contributed by atoms with E-state index < -0.39 is 0 Å². The summed E-state index contributed by atoms with van der Waals surface area (Å²) in [5.41, 5.74) is 1.08. The van der Waals surface area contributed by atoms with E-state index in [-0.39, 0.29) is 11.9 Å². The average Bonchev–Trinajstić information content (AvgIpc) is 3.08. The number of piperidine rings is 1. The number of nitrogens with one attached hydrogen (secondary N) is 1. The van der Waals surface area contributed by atoms with Crippen molar-refractivity contribution in [3.8, 4) is 0 Å². The van der Waals surface area contributed by atoms with Gasteiger partial charge in [-0.15, -0.1) is 11.3 Å². The summed E-state index contributed by atoms with van der Waals surface area (Å²) in [6.45, 7) is 3.77. The van der Waals surface area contributed by atoms with Crippen LogP contribution in [-0.4, -0.2) is 34.9 Å². The molecule has 140 valence electrons. The van der Waals surface area contributed by atoms with Crippen LogP contribution in [0, 0.1) is 5.92 Å². The molecular formula is C21H29N3OS. The highest BCUT2D eigenvalue weighted by atomic mass is 32.1. The molecule has 1 aliphatic carbocycles. The van der Waals surface area contributed by atoms with Crippen molar-refractivity contribution in [2.45, 2.75) is 64.0 Å². The van der Waals surface area contributed by atoms with Crippen LogP contribution in [0.4, 0.5) is 0 Å². The van der Waals surface area contributed by atoms with E-state index >= 15 is 0 Å². The number of para-hydroxylation sites is 1. The Morgan fingerprint density at radius 3 is 2.85 bits per heavy atom. The molecule has 0 unspecified atom stereocenters. The third kappa shape index (κ3) is 3.94. The van der Waals surface area contributed by atoms with Crippen molar-refractivity contribution in [1.29, 1.82) is 0 Å². The number of carbonyl (C=O) groups excluding carboxylic acids is 1. The summed E-state index contributed by atoms with van der Waals surface area (Å²) < 4.78 is 1.24. The topological polar surface area (TPSA) is 45.2 Å². The fourth-order valence-corrected chi connectivity index (χ4v) is 5.60. The van der Waals surface area contributed by atoms with Gasteiger partial charge in [0, 0.05) is 6.04 Å². The second-order valence-corrected chi connectivity index (χ2v) is 9.00. The Morgan fingerprint density at radius 1 is 1.19 bits per heavy atom. The number of aromatic nitrogens is 1. The van der Waals surface area contributed by atoms with Gasteiger partial charge in [0.1, 0.15) is 5.01 Å². The Kier molecular flexibility index (Phi) is 5.55. The predicted molar refractivity (Wildman–Crippen MR) is 107 cm³/mol. The Morgan fingerprint density at radius 2 is 2.00 bits per heavy atom. The molecule has 1 saturated heterocycles. The van der Waals surface area contributed by atoms with E-state index in [4.69, 9.17) is 4.98 Å². The van der Waals surface area contributed by atoms with Crippen LogP contribution < -0.4 is 5.32 Å². The van der Waals surface area contributed by atoms with E-state index in [9.17, 15) is 4.79 Å². The molecule has 4 nitrogen and oxygen atoms in total. The SMILES string of the molecule is C[C@H]1CCCC[C@H]1NC(=O)CN1CCCC[C@@H]1c1nc2ccccc2s1. The summed E-state index contributed by atoms with van der Waals surface area (Å²) in [7, 11) is 0.